The van der Waals surface area contributed by atoms with Crippen LogP contribution < -0.4 is 5.73 Å². The Morgan fingerprint density at radius 1 is 1.29 bits per heavy atom. The molecule has 21 heavy (non-hydrogen) atoms. The highest BCUT2D eigenvalue weighted by atomic mass is 79.9. The van der Waals surface area contributed by atoms with Crippen LogP contribution in [0.5, 0.6) is 0 Å². The number of aromatic nitrogens is 1. The lowest BCUT2D eigenvalue weighted by Gasteiger charge is -2.29. The molecule has 0 bridgehead atoms. The molecule has 2 fully saturated rings. The zero-order valence-corrected chi connectivity index (χ0v) is 13.8. The minimum atomic E-state index is 0.422. The SMILES string of the molecule is NC1CCCC2CN(Cc3c[nH]c4ccc(Br)cc34)CC12. The van der Waals surface area contributed by atoms with Crippen molar-refractivity contribution in [2.24, 2.45) is 17.6 Å². The molecule has 4 rings (SSSR count). The normalized spacial score (nSPS) is 29.9. The van der Waals surface area contributed by atoms with E-state index in [1.165, 1.54) is 48.8 Å². The molecular formula is C17H22BrN3. The monoisotopic (exact) mass is 347 g/mol. The molecule has 1 aromatic carbocycles. The number of fused-ring (bicyclic) bond motifs is 2. The molecule has 3 nitrogen and oxygen atoms in total. The summed E-state index contributed by atoms with van der Waals surface area (Å²) in [7, 11) is 0. The van der Waals surface area contributed by atoms with E-state index >= 15 is 0 Å². The molecule has 0 radical (unpaired) electrons. The Hall–Kier alpha value is -0.840. The molecule has 1 saturated carbocycles. The molecule has 1 aromatic heterocycles. The second-order valence-electron chi connectivity index (χ2n) is 6.72. The topological polar surface area (TPSA) is 45.0 Å². The number of H-pyrrole nitrogens is 1. The summed E-state index contributed by atoms with van der Waals surface area (Å²) in [6.45, 7) is 3.43. The van der Waals surface area contributed by atoms with E-state index in [0.29, 0.717) is 6.04 Å². The first kappa shape index (κ1) is 13.8. The highest BCUT2D eigenvalue weighted by molar-refractivity contribution is 9.10. The van der Waals surface area contributed by atoms with E-state index in [4.69, 9.17) is 5.73 Å². The van der Waals surface area contributed by atoms with Gasteiger partial charge < -0.3 is 10.7 Å². The molecule has 2 aromatic rings. The van der Waals surface area contributed by atoms with E-state index in [1.54, 1.807) is 0 Å². The van der Waals surface area contributed by atoms with Crippen molar-refractivity contribution in [3.63, 3.8) is 0 Å². The Morgan fingerprint density at radius 3 is 3.05 bits per heavy atom. The van der Waals surface area contributed by atoms with Crippen molar-refractivity contribution in [3.05, 3.63) is 34.4 Å². The second kappa shape index (κ2) is 5.41. The van der Waals surface area contributed by atoms with Crippen molar-refractivity contribution >= 4 is 26.8 Å². The van der Waals surface area contributed by atoms with Crippen LogP contribution in [0.25, 0.3) is 10.9 Å². The van der Waals surface area contributed by atoms with Crippen molar-refractivity contribution in [1.82, 2.24) is 9.88 Å². The largest absolute Gasteiger partial charge is 0.361 e. The standard InChI is InChI=1S/C17H22BrN3/c18-13-4-5-17-14(6-13)12(7-20-17)9-21-8-11-2-1-3-16(19)15(11)10-21/h4-7,11,15-16,20H,1-3,8-10,19H2. The Balaban J connectivity index is 1.54. The highest BCUT2D eigenvalue weighted by Gasteiger charge is 2.38. The number of rotatable bonds is 2. The second-order valence-corrected chi connectivity index (χ2v) is 7.63. The number of aromatic amines is 1. The Labute approximate surface area is 134 Å². The van der Waals surface area contributed by atoms with Crippen molar-refractivity contribution in [3.8, 4) is 0 Å². The number of benzene rings is 1. The molecule has 4 heteroatoms. The number of nitrogens with one attached hydrogen (secondary N) is 1. The summed E-state index contributed by atoms with van der Waals surface area (Å²) in [5.74, 6) is 1.54. The number of nitrogens with zero attached hydrogens (tertiary/aromatic N) is 1. The fourth-order valence-corrected chi connectivity index (χ4v) is 4.62. The van der Waals surface area contributed by atoms with Gasteiger partial charge in [-0.1, -0.05) is 22.4 Å². The highest BCUT2D eigenvalue weighted by Crippen LogP contribution is 2.36. The molecule has 0 spiro atoms. The Bertz CT molecular complexity index is 651. The first-order valence-electron chi connectivity index (χ1n) is 7.94. The van der Waals surface area contributed by atoms with E-state index in [0.717, 1.165) is 22.9 Å². The van der Waals surface area contributed by atoms with Crippen LogP contribution in [-0.2, 0) is 6.54 Å². The summed E-state index contributed by atoms with van der Waals surface area (Å²) in [6, 6.07) is 6.87. The Morgan fingerprint density at radius 2 is 2.19 bits per heavy atom. The van der Waals surface area contributed by atoms with Gasteiger partial charge in [-0.2, -0.15) is 0 Å². The van der Waals surface area contributed by atoms with Gasteiger partial charge >= 0.3 is 0 Å². The minimum Gasteiger partial charge on any atom is -0.361 e. The van der Waals surface area contributed by atoms with Crippen LogP contribution in [0, 0.1) is 11.8 Å². The molecule has 3 atom stereocenters. The third-order valence-electron chi connectivity index (χ3n) is 5.35. The van der Waals surface area contributed by atoms with Gasteiger partial charge in [0.05, 0.1) is 0 Å². The van der Waals surface area contributed by atoms with Crippen LogP contribution in [0.1, 0.15) is 24.8 Å². The third-order valence-corrected chi connectivity index (χ3v) is 5.85. The molecule has 112 valence electrons. The van der Waals surface area contributed by atoms with Crippen LogP contribution in [0.15, 0.2) is 28.9 Å². The fourth-order valence-electron chi connectivity index (χ4n) is 4.26. The predicted molar refractivity (Wildman–Crippen MR) is 90.1 cm³/mol. The number of likely N-dealkylation sites (tertiary alicyclic amines) is 1. The lowest BCUT2D eigenvalue weighted by molar-refractivity contribution is 0.259. The molecule has 2 aliphatic rings. The number of hydrogen-bond donors (Lipinski definition) is 2. The molecule has 1 aliphatic carbocycles. The van der Waals surface area contributed by atoms with Gasteiger partial charge in [-0.3, -0.25) is 4.90 Å². The van der Waals surface area contributed by atoms with Gasteiger partial charge in [0.25, 0.3) is 0 Å². The summed E-state index contributed by atoms with van der Waals surface area (Å²) in [6.07, 6.45) is 6.07. The summed E-state index contributed by atoms with van der Waals surface area (Å²) < 4.78 is 1.15. The molecule has 1 saturated heterocycles. The lowest BCUT2D eigenvalue weighted by Crippen LogP contribution is -2.38. The smallest absolute Gasteiger partial charge is 0.0458 e. The average Bonchev–Trinajstić information content (AvgIpc) is 3.04. The Kier molecular flexibility index (Phi) is 3.56. The molecule has 3 N–H and O–H groups in total. The van der Waals surface area contributed by atoms with Gasteiger partial charge in [0.15, 0.2) is 0 Å². The van der Waals surface area contributed by atoms with Gasteiger partial charge in [-0.05, 0) is 48.4 Å². The first-order valence-corrected chi connectivity index (χ1v) is 8.73. The van der Waals surface area contributed by atoms with Crippen LogP contribution in [0.2, 0.25) is 0 Å². The van der Waals surface area contributed by atoms with E-state index in [9.17, 15) is 0 Å². The maximum Gasteiger partial charge on any atom is 0.0458 e. The van der Waals surface area contributed by atoms with Crippen LogP contribution >= 0.6 is 15.9 Å². The van der Waals surface area contributed by atoms with Crippen molar-refractivity contribution in [1.29, 1.82) is 0 Å². The van der Waals surface area contributed by atoms with Crippen molar-refractivity contribution in [2.45, 2.75) is 31.8 Å². The first-order chi connectivity index (χ1) is 10.2. The molecule has 1 aliphatic heterocycles. The van der Waals surface area contributed by atoms with Gasteiger partial charge in [-0.15, -0.1) is 0 Å². The summed E-state index contributed by atoms with van der Waals surface area (Å²) >= 11 is 3.58. The van der Waals surface area contributed by atoms with E-state index in [1.807, 2.05) is 0 Å². The zero-order valence-electron chi connectivity index (χ0n) is 12.2. The maximum absolute atomic E-state index is 6.33. The van der Waals surface area contributed by atoms with Gasteiger partial charge in [0.2, 0.25) is 0 Å². The van der Waals surface area contributed by atoms with Crippen LogP contribution in [-0.4, -0.2) is 29.0 Å². The summed E-state index contributed by atoms with van der Waals surface area (Å²) in [5.41, 5.74) is 8.95. The van der Waals surface area contributed by atoms with E-state index in [-0.39, 0.29) is 0 Å². The molecule has 2 heterocycles. The zero-order chi connectivity index (χ0) is 14.4. The van der Waals surface area contributed by atoms with Crippen molar-refractivity contribution < 1.29 is 0 Å². The lowest BCUT2D eigenvalue weighted by atomic mass is 9.78. The number of hydrogen-bond acceptors (Lipinski definition) is 2. The van der Waals surface area contributed by atoms with E-state index < -0.39 is 0 Å². The predicted octanol–water partition coefficient (Wildman–Crippen LogP) is 3.49. The fraction of sp³-hybridized carbons (Fsp3) is 0.529. The minimum absolute atomic E-state index is 0.422. The molecular weight excluding hydrogens is 326 g/mol. The van der Waals surface area contributed by atoms with E-state index in [2.05, 4.69) is 50.2 Å². The molecule has 0 amide bonds. The van der Waals surface area contributed by atoms with Gasteiger partial charge in [0, 0.05) is 47.2 Å². The number of halogens is 1. The quantitative estimate of drug-likeness (QED) is 0.873. The van der Waals surface area contributed by atoms with Gasteiger partial charge in [-0.25, -0.2) is 0 Å². The van der Waals surface area contributed by atoms with Gasteiger partial charge in [0.1, 0.15) is 0 Å². The summed E-state index contributed by atoms with van der Waals surface area (Å²) in [5, 5.41) is 1.34. The average molecular weight is 348 g/mol. The summed E-state index contributed by atoms with van der Waals surface area (Å²) in [4.78, 5) is 5.99. The third kappa shape index (κ3) is 2.54. The number of nitrogens with two attached hydrogens (primary N) is 1. The maximum atomic E-state index is 6.33. The molecule has 3 unspecified atom stereocenters. The van der Waals surface area contributed by atoms with Crippen LogP contribution in [0.4, 0.5) is 0 Å². The van der Waals surface area contributed by atoms with Crippen LogP contribution in [0.3, 0.4) is 0 Å². The van der Waals surface area contributed by atoms with Crippen molar-refractivity contribution in [2.75, 3.05) is 13.1 Å².